The van der Waals surface area contributed by atoms with Crippen LogP contribution in [0.15, 0.2) is 18.2 Å². The molecular formula is C20H34N2O3. The number of carbonyl (C=O) groups is 1. The van der Waals surface area contributed by atoms with Gasteiger partial charge in [0.05, 0.1) is 26.8 Å². The summed E-state index contributed by atoms with van der Waals surface area (Å²) in [6.45, 7) is 11.0. The zero-order valence-corrected chi connectivity index (χ0v) is 16.8. The topological polar surface area (TPSA) is 50.8 Å². The predicted molar refractivity (Wildman–Crippen MR) is 102 cm³/mol. The van der Waals surface area contributed by atoms with Gasteiger partial charge in [-0.05, 0) is 51.8 Å². The number of nitrogens with zero attached hydrogens (tertiary/aromatic N) is 1. The Balaban J connectivity index is 2.85. The number of carbonyl (C=O) groups excluding carboxylic acids is 1. The van der Waals surface area contributed by atoms with Gasteiger partial charge >= 0.3 is 0 Å². The number of benzene rings is 1. The van der Waals surface area contributed by atoms with Crippen LogP contribution < -0.4 is 14.8 Å². The van der Waals surface area contributed by atoms with Crippen molar-refractivity contribution in [1.29, 1.82) is 0 Å². The van der Waals surface area contributed by atoms with Gasteiger partial charge in [0.1, 0.15) is 11.5 Å². The molecule has 0 saturated heterocycles. The molecule has 0 unspecified atom stereocenters. The maximum absolute atomic E-state index is 12.6. The minimum atomic E-state index is -0.159. The third-order valence-electron chi connectivity index (χ3n) is 4.92. The van der Waals surface area contributed by atoms with Crippen molar-refractivity contribution in [1.82, 2.24) is 10.2 Å². The van der Waals surface area contributed by atoms with Gasteiger partial charge in [-0.25, -0.2) is 0 Å². The van der Waals surface area contributed by atoms with E-state index in [0.717, 1.165) is 29.9 Å². The summed E-state index contributed by atoms with van der Waals surface area (Å²) in [5.74, 6) is 1.52. The summed E-state index contributed by atoms with van der Waals surface area (Å²) in [5, 5.41) is 3.09. The van der Waals surface area contributed by atoms with Crippen LogP contribution in [0.5, 0.6) is 11.5 Å². The van der Waals surface area contributed by atoms with Crippen LogP contribution >= 0.6 is 0 Å². The number of ether oxygens (including phenoxy) is 2. The Kier molecular flexibility index (Phi) is 8.76. The zero-order chi connectivity index (χ0) is 19.0. The minimum Gasteiger partial charge on any atom is -0.497 e. The quantitative estimate of drug-likeness (QED) is 0.698. The molecule has 25 heavy (non-hydrogen) atoms. The van der Waals surface area contributed by atoms with Crippen LogP contribution in [0.25, 0.3) is 0 Å². The fourth-order valence-electron chi connectivity index (χ4n) is 2.92. The third-order valence-corrected chi connectivity index (χ3v) is 4.92. The lowest BCUT2D eigenvalue weighted by Crippen LogP contribution is -2.46. The highest BCUT2D eigenvalue weighted by Crippen LogP contribution is 2.29. The number of methoxy groups -OCH3 is 2. The molecule has 0 spiro atoms. The van der Waals surface area contributed by atoms with E-state index in [-0.39, 0.29) is 11.9 Å². The fraction of sp³-hybridized carbons (Fsp3) is 0.650. The van der Waals surface area contributed by atoms with Crippen molar-refractivity contribution in [3.05, 3.63) is 23.8 Å². The van der Waals surface area contributed by atoms with E-state index in [1.54, 1.807) is 14.2 Å². The number of hydrogen-bond acceptors (Lipinski definition) is 4. The lowest BCUT2D eigenvalue weighted by Gasteiger charge is -2.33. The van der Waals surface area contributed by atoms with Gasteiger partial charge in [0.2, 0.25) is 5.91 Å². The lowest BCUT2D eigenvalue weighted by molar-refractivity contribution is -0.124. The number of amides is 1. The average Bonchev–Trinajstić information content (AvgIpc) is 2.63. The monoisotopic (exact) mass is 350 g/mol. The first kappa shape index (κ1) is 21.3. The normalized spacial score (nSPS) is 14.7. The molecule has 0 heterocycles. The maximum Gasteiger partial charge on any atom is 0.234 e. The highest BCUT2D eigenvalue weighted by molar-refractivity contribution is 5.78. The molecule has 1 N–H and O–H groups in total. The van der Waals surface area contributed by atoms with Crippen LogP contribution in [0.4, 0.5) is 0 Å². The number of hydrogen-bond donors (Lipinski definition) is 1. The molecule has 0 aliphatic carbocycles. The number of nitrogens with one attached hydrogen (secondary N) is 1. The summed E-state index contributed by atoms with van der Waals surface area (Å²) in [7, 11) is 3.26. The van der Waals surface area contributed by atoms with E-state index in [0.29, 0.717) is 18.6 Å². The van der Waals surface area contributed by atoms with Gasteiger partial charge in [-0.3, -0.25) is 9.69 Å². The Hall–Kier alpha value is -1.75. The molecule has 0 aliphatic rings. The van der Waals surface area contributed by atoms with Crippen LogP contribution in [0.1, 0.15) is 59.1 Å². The number of rotatable bonds is 10. The van der Waals surface area contributed by atoms with E-state index in [9.17, 15) is 4.79 Å². The summed E-state index contributed by atoms with van der Waals surface area (Å²) >= 11 is 0. The standard InChI is InChI=1S/C20H34N2O3/c1-8-14(3)22(15(4)9-2)13-20(23)21-16(5)18-12-17(24-6)10-11-19(18)25-7/h10-12,14-16H,8-9,13H2,1-7H3,(H,21,23)/t14-,15-,16-/m0/s1. The highest BCUT2D eigenvalue weighted by Gasteiger charge is 2.22. The first-order chi connectivity index (χ1) is 11.9. The molecular weight excluding hydrogens is 316 g/mol. The lowest BCUT2D eigenvalue weighted by atomic mass is 10.1. The molecule has 142 valence electrons. The van der Waals surface area contributed by atoms with Crippen LogP contribution in [-0.2, 0) is 4.79 Å². The largest absolute Gasteiger partial charge is 0.497 e. The average molecular weight is 351 g/mol. The van der Waals surface area contributed by atoms with Crippen molar-refractivity contribution in [3.63, 3.8) is 0 Å². The highest BCUT2D eigenvalue weighted by atomic mass is 16.5. The third kappa shape index (κ3) is 5.92. The second-order valence-corrected chi connectivity index (χ2v) is 6.58. The molecule has 5 nitrogen and oxygen atoms in total. The van der Waals surface area contributed by atoms with Crippen LogP contribution in [-0.4, -0.2) is 43.7 Å². The molecule has 1 rings (SSSR count). The SMILES string of the molecule is CC[C@H](C)N(CC(=O)N[C@@H](C)c1cc(OC)ccc1OC)[C@@H](C)CC. The van der Waals surface area contributed by atoms with Crippen molar-refractivity contribution in [2.45, 2.75) is 65.6 Å². The van der Waals surface area contributed by atoms with E-state index >= 15 is 0 Å². The molecule has 0 fully saturated rings. The first-order valence-electron chi connectivity index (χ1n) is 9.14. The molecule has 0 saturated carbocycles. The van der Waals surface area contributed by atoms with Crippen LogP contribution in [0.3, 0.4) is 0 Å². The molecule has 1 aromatic rings. The molecule has 0 radical (unpaired) electrons. The molecule has 5 heteroatoms. The fourth-order valence-corrected chi connectivity index (χ4v) is 2.92. The van der Waals surface area contributed by atoms with E-state index < -0.39 is 0 Å². The van der Waals surface area contributed by atoms with Gasteiger partial charge in [0.15, 0.2) is 0 Å². The van der Waals surface area contributed by atoms with Crippen molar-refractivity contribution < 1.29 is 14.3 Å². The van der Waals surface area contributed by atoms with Gasteiger partial charge in [0.25, 0.3) is 0 Å². The van der Waals surface area contributed by atoms with Gasteiger partial charge < -0.3 is 14.8 Å². The van der Waals surface area contributed by atoms with Gasteiger partial charge in [0, 0.05) is 17.6 Å². The molecule has 1 amide bonds. The first-order valence-corrected chi connectivity index (χ1v) is 9.14. The summed E-state index contributed by atoms with van der Waals surface area (Å²) in [4.78, 5) is 14.9. The van der Waals surface area contributed by atoms with Gasteiger partial charge in [-0.2, -0.15) is 0 Å². The molecule has 1 aromatic carbocycles. The Labute approximate surface area is 152 Å². The Morgan fingerprint density at radius 1 is 1.08 bits per heavy atom. The van der Waals surface area contributed by atoms with E-state index in [2.05, 4.69) is 37.9 Å². The van der Waals surface area contributed by atoms with E-state index in [1.165, 1.54) is 0 Å². The summed E-state index contributed by atoms with van der Waals surface area (Å²) in [6, 6.07) is 6.22. The molecule has 3 atom stereocenters. The maximum atomic E-state index is 12.6. The second-order valence-electron chi connectivity index (χ2n) is 6.58. The van der Waals surface area contributed by atoms with Gasteiger partial charge in [-0.1, -0.05) is 13.8 Å². The van der Waals surface area contributed by atoms with Crippen molar-refractivity contribution >= 4 is 5.91 Å². The predicted octanol–water partition coefficient (Wildman–Crippen LogP) is 3.78. The minimum absolute atomic E-state index is 0.0259. The van der Waals surface area contributed by atoms with Crippen molar-refractivity contribution in [2.75, 3.05) is 20.8 Å². The summed E-state index contributed by atoms with van der Waals surface area (Å²) < 4.78 is 10.7. The van der Waals surface area contributed by atoms with Crippen LogP contribution in [0, 0.1) is 0 Å². The summed E-state index contributed by atoms with van der Waals surface area (Å²) in [6.07, 6.45) is 2.05. The van der Waals surface area contributed by atoms with Crippen molar-refractivity contribution in [3.8, 4) is 11.5 Å². The van der Waals surface area contributed by atoms with Gasteiger partial charge in [-0.15, -0.1) is 0 Å². The smallest absolute Gasteiger partial charge is 0.234 e. The molecule has 0 aliphatic heterocycles. The van der Waals surface area contributed by atoms with E-state index in [4.69, 9.17) is 9.47 Å². The molecule has 0 bridgehead atoms. The van der Waals surface area contributed by atoms with E-state index in [1.807, 2.05) is 25.1 Å². The zero-order valence-electron chi connectivity index (χ0n) is 16.8. The van der Waals surface area contributed by atoms with Crippen molar-refractivity contribution in [2.24, 2.45) is 0 Å². The molecule has 0 aromatic heterocycles. The summed E-state index contributed by atoms with van der Waals surface area (Å²) in [5.41, 5.74) is 0.911. The Bertz CT molecular complexity index is 538. The second kappa shape index (κ2) is 10.3. The Morgan fingerprint density at radius 2 is 1.68 bits per heavy atom. The van der Waals surface area contributed by atoms with Crippen LogP contribution in [0.2, 0.25) is 0 Å². The Morgan fingerprint density at radius 3 is 2.16 bits per heavy atom.